The highest BCUT2D eigenvalue weighted by Crippen LogP contribution is 2.29. The van der Waals surface area contributed by atoms with E-state index >= 15 is 0 Å². The van der Waals surface area contributed by atoms with Crippen molar-refractivity contribution in [3.8, 4) is 11.1 Å². The van der Waals surface area contributed by atoms with Crippen LogP contribution in [0.5, 0.6) is 0 Å². The zero-order valence-electron chi connectivity index (χ0n) is 9.18. The van der Waals surface area contributed by atoms with Crippen molar-refractivity contribution in [2.75, 3.05) is 7.11 Å². The maximum absolute atomic E-state index is 11.6. The van der Waals surface area contributed by atoms with Crippen LogP contribution >= 0.6 is 11.6 Å². The Morgan fingerprint density at radius 2 is 1.88 bits per heavy atom. The molecule has 0 atom stereocenters. The lowest BCUT2D eigenvalue weighted by Gasteiger charge is -2.08. The van der Waals surface area contributed by atoms with Gasteiger partial charge in [-0.15, -0.1) is 0 Å². The largest absolute Gasteiger partial charge is 0.464 e. The molecule has 0 fully saturated rings. The van der Waals surface area contributed by atoms with Crippen LogP contribution < -0.4 is 0 Å². The monoisotopic (exact) mass is 247 g/mol. The summed E-state index contributed by atoms with van der Waals surface area (Å²) in [6.07, 6.45) is 1.55. The van der Waals surface area contributed by atoms with Crippen LogP contribution in [0.25, 0.3) is 11.1 Å². The van der Waals surface area contributed by atoms with Crippen LogP contribution in [-0.4, -0.2) is 18.1 Å². The van der Waals surface area contributed by atoms with E-state index in [2.05, 4.69) is 4.98 Å². The fourth-order valence-electron chi connectivity index (χ4n) is 1.56. The standard InChI is InChI=1S/C13H10ClNO2/c1-17-13(16)12-10(6-4-8-15-12)9-5-2-3-7-11(9)14/h2-8H,1H3. The molecular weight excluding hydrogens is 238 g/mol. The first-order valence-corrected chi connectivity index (χ1v) is 5.40. The van der Waals surface area contributed by atoms with Crippen molar-refractivity contribution >= 4 is 17.6 Å². The average molecular weight is 248 g/mol. The smallest absolute Gasteiger partial charge is 0.357 e. The van der Waals surface area contributed by atoms with Gasteiger partial charge in [-0.2, -0.15) is 0 Å². The lowest BCUT2D eigenvalue weighted by atomic mass is 10.0. The van der Waals surface area contributed by atoms with Crippen molar-refractivity contribution in [1.82, 2.24) is 4.98 Å². The van der Waals surface area contributed by atoms with Crippen LogP contribution in [-0.2, 0) is 4.74 Å². The molecule has 1 aromatic heterocycles. The number of aromatic nitrogens is 1. The molecule has 0 aliphatic rings. The number of carbonyl (C=O) groups is 1. The maximum Gasteiger partial charge on any atom is 0.357 e. The molecule has 0 aliphatic carbocycles. The van der Waals surface area contributed by atoms with E-state index in [9.17, 15) is 4.79 Å². The van der Waals surface area contributed by atoms with E-state index in [0.29, 0.717) is 10.6 Å². The minimum absolute atomic E-state index is 0.267. The number of carbonyl (C=O) groups excluding carboxylic acids is 1. The second kappa shape index (κ2) is 4.97. The topological polar surface area (TPSA) is 39.2 Å². The van der Waals surface area contributed by atoms with E-state index in [-0.39, 0.29) is 5.69 Å². The molecule has 0 saturated carbocycles. The minimum Gasteiger partial charge on any atom is -0.464 e. The second-order valence-corrected chi connectivity index (χ2v) is 3.78. The first-order valence-electron chi connectivity index (χ1n) is 5.02. The molecule has 0 unspecified atom stereocenters. The third kappa shape index (κ3) is 2.29. The third-order valence-electron chi connectivity index (χ3n) is 2.35. The number of methoxy groups -OCH3 is 1. The summed E-state index contributed by atoms with van der Waals surface area (Å²) >= 11 is 6.10. The van der Waals surface area contributed by atoms with Crippen molar-refractivity contribution in [3.05, 3.63) is 53.3 Å². The molecule has 1 aromatic carbocycles. The first kappa shape index (κ1) is 11.6. The van der Waals surface area contributed by atoms with E-state index in [1.807, 2.05) is 18.2 Å². The Morgan fingerprint density at radius 1 is 1.18 bits per heavy atom. The van der Waals surface area contributed by atoms with Gasteiger partial charge in [-0.1, -0.05) is 35.9 Å². The Hall–Kier alpha value is -1.87. The number of benzene rings is 1. The Bertz CT molecular complexity index is 555. The van der Waals surface area contributed by atoms with Gasteiger partial charge in [0.25, 0.3) is 0 Å². The number of rotatable bonds is 2. The molecule has 0 radical (unpaired) electrons. The molecule has 0 bridgehead atoms. The SMILES string of the molecule is COC(=O)c1ncccc1-c1ccccc1Cl. The van der Waals surface area contributed by atoms with Gasteiger partial charge in [-0.05, 0) is 12.1 Å². The summed E-state index contributed by atoms with van der Waals surface area (Å²) in [5.41, 5.74) is 1.70. The lowest BCUT2D eigenvalue weighted by molar-refractivity contribution is 0.0595. The van der Waals surface area contributed by atoms with Gasteiger partial charge in [-0.25, -0.2) is 9.78 Å². The number of halogens is 1. The van der Waals surface area contributed by atoms with Gasteiger partial charge in [0.2, 0.25) is 0 Å². The number of hydrogen-bond donors (Lipinski definition) is 0. The summed E-state index contributed by atoms with van der Waals surface area (Å²) < 4.78 is 4.69. The summed E-state index contributed by atoms with van der Waals surface area (Å²) in [7, 11) is 1.33. The molecular formula is C13H10ClNO2. The molecule has 86 valence electrons. The highest BCUT2D eigenvalue weighted by molar-refractivity contribution is 6.33. The molecule has 2 aromatic rings. The summed E-state index contributed by atoms with van der Waals surface area (Å²) in [5.74, 6) is -0.472. The number of nitrogens with zero attached hydrogens (tertiary/aromatic N) is 1. The molecule has 4 heteroatoms. The molecule has 2 rings (SSSR count). The Kier molecular flexibility index (Phi) is 3.40. The van der Waals surface area contributed by atoms with E-state index in [1.54, 1.807) is 24.4 Å². The van der Waals surface area contributed by atoms with E-state index < -0.39 is 5.97 Å². The molecule has 0 amide bonds. The highest BCUT2D eigenvalue weighted by atomic mass is 35.5. The third-order valence-corrected chi connectivity index (χ3v) is 2.68. The van der Waals surface area contributed by atoms with Crippen molar-refractivity contribution in [1.29, 1.82) is 0 Å². The zero-order chi connectivity index (χ0) is 12.3. The van der Waals surface area contributed by atoms with Crippen LogP contribution in [0.3, 0.4) is 0 Å². The zero-order valence-corrected chi connectivity index (χ0v) is 9.94. The van der Waals surface area contributed by atoms with Crippen LogP contribution in [0.4, 0.5) is 0 Å². The second-order valence-electron chi connectivity index (χ2n) is 3.37. The molecule has 0 saturated heterocycles. The Labute approximate surface area is 104 Å². The Balaban J connectivity index is 2.60. The molecule has 1 heterocycles. The average Bonchev–Trinajstić information content (AvgIpc) is 2.38. The van der Waals surface area contributed by atoms with Gasteiger partial charge in [-0.3, -0.25) is 0 Å². The van der Waals surface area contributed by atoms with E-state index in [1.165, 1.54) is 7.11 Å². The van der Waals surface area contributed by atoms with E-state index in [4.69, 9.17) is 16.3 Å². The first-order chi connectivity index (χ1) is 8.24. The maximum atomic E-state index is 11.6. The summed E-state index contributed by atoms with van der Waals surface area (Å²) in [6.45, 7) is 0. The number of pyridine rings is 1. The van der Waals surface area contributed by atoms with Gasteiger partial charge >= 0.3 is 5.97 Å². The fraction of sp³-hybridized carbons (Fsp3) is 0.0769. The van der Waals surface area contributed by atoms with Crippen molar-refractivity contribution in [2.45, 2.75) is 0 Å². The van der Waals surface area contributed by atoms with Crippen molar-refractivity contribution < 1.29 is 9.53 Å². The summed E-state index contributed by atoms with van der Waals surface area (Å²) in [5, 5.41) is 0.575. The highest BCUT2D eigenvalue weighted by Gasteiger charge is 2.15. The number of esters is 1. The van der Waals surface area contributed by atoms with E-state index in [0.717, 1.165) is 5.56 Å². The minimum atomic E-state index is -0.472. The van der Waals surface area contributed by atoms with Crippen molar-refractivity contribution in [2.24, 2.45) is 0 Å². The van der Waals surface area contributed by atoms with Crippen LogP contribution in [0.2, 0.25) is 5.02 Å². The quantitative estimate of drug-likeness (QED) is 0.765. The van der Waals surface area contributed by atoms with Gasteiger partial charge in [0.1, 0.15) is 0 Å². The lowest BCUT2D eigenvalue weighted by Crippen LogP contribution is -2.06. The molecule has 0 aliphatic heterocycles. The molecule has 0 N–H and O–H groups in total. The molecule has 17 heavy (non-hydrogen) atoms. The number of ether oxygens (including phenoxy) is 1. The van der Waals surface area contributed by atoms with Crippen LogP contribution in [0.1, 0.15) is 10.5 Å². The van der Waals surface area contributed by atoms with Crippen LogP contribution in [0, 0.1) is 0 Å². The Morgan fingerprint density at radius 3 is 2.59 bits per heavy atom. The van der Waals surface area contributed by atoms with Gasteiger partial charge in [0.15, 0.2) is 5.69 Å². The molecule has 0 spiro atoms. The van der Waals surface area contributed by atoms with Gasteiger partial charge in [0.05, 0.1) is 7.11 Å². The van der Waals surface area contributed by atoms with Crippen molar-refractivity contribution in [3.63, 3.8) is 0 Å². The van der Waals surface area contributed by atoms with Gasteiger partial charge < -0.3 is 4.74 Å². The predicted octanol–water partition coefficient (Wildman–Crippen LogP) is 3.19. The molecule has 3 nitrogen and oxygen atoms in total. The fourth-order valence-corrected chi connectivity index (χ4v) is 1.80. The predicted molar refractivity (Wildman–Crippen MR) is 66.0 cm³/mol. The number of hydrogen-bond acceptors (Lipinski definition) is 3. The normalized spacial score (nSPS) is 10.0. The van der Waals surface area contributed by atoms with Gasteiger partial charge in [0, 0.05) is 22.3 Å². The van der Waals surface area contributed by atoms with Crippen LogP contribution in [0.15, 0.2) is 42.6 Å². The summed E-state index contributed by atoms with van der Waals surface area (Å²) in [4.78, 5) is 15.6. The summed E-state index contributed by atoms with van der Waals surface area (Å²) in [6, 6.07) is 10.8.